The van der Waals surface area contributed by atoms with Crippen molar-refractivity contribution < 1.29 is 9.53 Å². The van der Waals surface area contributed by atoms with Gasteiger partial charge in [0.2, 0.25) is 5.91 Å². The van der Waals surface area contributed by atoms with Gasteiger partial charge in [-0.05, 0) is 32.4 Å². The smallest absolute Gasteiger partial charge is 0.236 e. The summed E-state index contributed by atoms with van der Waals surface area (Å²) < 4.78 is 4.90. The van der Waals surface area contributed by atoms with E-state index in [1.54, 1.807) is 18.4 Å². The van der Waals surface area contributed by atoms with Crippen LogP contribution in [0.4, 0.5) is 0 Å². The molecule has 2 atom stereocenters. The topological polar surface area (TPSA) is 50.4 Å². The molecular formula is C14H24N2O2S. The summed E-state index contributed by atoms with van der Waals surface area (Å²) in [6, 6.07) is 4.27. The first-order valence-corrected chi connectivity index (χ1v) is 7.51. The second kappa shape index (κ2) is 8.30. The first-order valence-electron chi connectivity index (χ1n) is 6.69. The van der Waals surface area contributed by atoms with Crippen LogP contribution in [0.3, 0.4) is 0 Å². The molecule has 0 aliphatic rings. The fourth-order valence-corrected chi connectivity index (χ4v) is 2.74. The monoisotopic (exact) mass is 284 g/mol. The number of hydrogen-bond donors (Lipinski definition) is 2. The third-order valence-corrected chi connectivity index (χ3v) is 4.37. The summed E-state index contributed by atoms with van der Waals surface area (Å²) in [5.74, 6) is 0.0103. The molecule has 0 aliphatic carbocycles. The van der Waals surface area contributed by atoms with Crippen molar-refractivity contribution in [2.75, 3.05) is 20.3 Å². The zero-order chi connectivity index (χ0) is 14.3. The molecule has 1 heterocycles. The lowest BCUT2D eigenvalue weighted by Crippen LogP contribution is -2.43. The zero-order valence-corrected chi connectivity index (χ0v) is 13.0. The molecule has 1 rings (SSSR count). The summed E-state index contributed by atoms with van der Waals surface area (Å²) in [6.45, 7) is 7.21. The number of nitrogens with one attached hydrogen (secondary N) is 2. The van der Waals surface area contributed by atoms with E-state index >= 15 is 0 Å². The van der Waals surface area contributed by atoms with E-state index in [9.17, 15) is 4.79 Å². The van der Waals surface area contributed by atoms with E-state index < -0.39 is 0 Å². The van der Waals surface area contributed by atoms with Crippen LogP contribution in [0.2, 0.25) is 0 Å². The van der Waals surface area contributed by atoms with Crippen LogP contribution in [0.1, 0.15) is 36.6 Å². The van der Waals surface area contributed by atoms with E-state index in [1.165, 1.54) is 9.75 Å². The van der Waals surface area contributed by atoms with Gasteiger partial charge in [0.1, 0.15) is 0 Å². The lowest BCUT2D eigenvalue weighted by molar-refractivity contribution is -0.123. The summed E-state index contributed by atoms with van der Waals surface area (Å²) in [5.41, 5.74) is 0. The molecule has 0 saturated heterocycles. The van der Waals surface area contributed by atoms with Gasteiger partial charge in [-0.1, -0.05) is 6.92 Å². The van der Waals surface area contributed by atoms with Gasteiger partial charge >= 0.3 is 0 Å². The molecule has 1 amide bonds. The summed E-state index contributed by atoms with van der Waals surface area (Å²) in [5, 5.41) is 6.15. The third-order valence-electron chi connectivity index (χ3n) is 2.96. The standard InChI is InChI=1S/C14H24N2O2S/c1-5-12-6-7-13(19-12)10(2)16-11(3)14(17)15-8-9-18-4/h6-7,10-11,16H,5,8-9H2,1-4H3,(H,15,17). The quantitative estimate of drug-likeness (QED) is 0.719. The number of hydrogen-bond acceptors (Lipinski definition) is 4. The Labute approximate surface area is 119 Å². The zero-order valence-electron chi connectivity index (χ0n) is 12.2. The van der Waals surface area contributed by atoms with Crippen LogP contribution < -0.4 is 10.6 Å². The number of thiophene rings is 1. The average molecular weight is 284 g/mol. The number of amides is 1. The fraction of sp³-hybridized carbons (Fsp3) is 0.643. The van der Waals surface area contributed by atoms with E-state index in [1.807, 2.05) is 6.92 Å². The lowest BCUT2D eigenvalue weighted by Gasteiger charge is -2.18. The Balaban J connectivity index is 2.42. The first-order chi connectivity index (χ1) is 9.08. The van der Waals surface area contributed by atoms with E-state index in [0.717, 1.165) is 6.42 Å². The lowest BCUT2D eigenvalue weighted by atomic mass is 10.2. The molecule has 0 aromatic carbocycles. The number of carbonyl (C=O) groups excluding carboxylic acids is 1. The van der Waals surface area contributed by atoms with Gasteiger partial charge in [-0.2, -0.15) is 0 Å². The maximum Gasteiger partial charge on any atom is 0.236 e. The van der Waals surface area contributed by atoms with Gasteiger partial charge in [-0.15, -0.1) is 11.3 Å². The molecule has 1 aromatic rings. The predicted molar refractivity (Wildman–Crippen MR) is 79.6 cm³/mol. The van der Waals surface area contributed by atoms with Crippen LogP contribution in [0.5, 0.6) is 0 Å². The maximum atomic E-state index is 11.8. The molecule has 0 fully saturated rings. The second-order valence-corrected chi connectivity index (χ2v) is 5.75. The first kappa shape index (κ1) is 16.1. The molecule has 0 radical (unpaired) electrons. The van der Waals surface area contributed by atoms with Crippen molar-refractivity contribution in [3.8, 4) is 0 Å². The Morgan fingerprint density at radius 3 is 2.74 bits per heavy atom. The highest BCUT2D eigenvalue weighted by Gasteiger charge is 2.16. The van der Waals surface area contributed by atoms with Crippen molar-refractivity contribution in [2.24, 2.45) is 0 Å². The van der Waals surface area contributed by atoms with Gasteiger partial charge in [-0.25, -0.2) is 0 Å². The minimum absolute atomic E-state index is 0.0103. The Morgan fingerprint density at radius 2 is 2.16 bits per heavy atom. The molecule has 108 valence electrons. The molecule has 0 aliphatic heterocycles. The van der Waals surface area contributed by atoms with Gasteiger partial charge in [0.15, 0.2) is 0 Å². The summed E-state index contributed by atoms with van der Waals surface area (Å²) in [6.07, 6.45) is 1.06. The molecule has 4 nitrogen and oxygen atoms in total. The third kappa shape index (κ3) is 5.30. The SMILES string of the molecule is CCc1ccc(C(C)NC(C)C(=O)NCCOC)s1. The van der Waals surface area contributed by atoms with Gasteiger partial charge < -0.3 is 10.1 Å². The Bertz CT molecular complexity index is 393. The van der Waals surface area contributed by atoms with Crippen LogP contribution in [0.15, 0.2) is 12.1 Å². The van der Waals surface area contributed by atoms with E-state index in [2.05, 4.69) is 36.6 Å². The van der Waals surface area contributed by atoms with Crippen molar-refractivity contribution in [2.45, 2.75) is 39.3 Å². The molecule has 0 saturated carbocycles. The van der Waals surface area contributed by atoms with Crippen LogP contribution in [-0.4, -0.2) is 32.2 Å². The average Bonchev–Trinajstić information content (AvgIpc) is 2.87. The molecule has 19 heavy (non-hydrogen) atoms. The normalized spacial score (nSPS) is 14.1. The van der Waals surface area contributed by atoms with Crippen LogP contribution in [-0.2, 0) is 16.0 Å². The number of rotatable bonds is 8. The molecular weight excluding hydrogens is 260 g/mol. The minimum Gasteiger partial charge on any atom is -0.383 e. The van der Waals surface area contributed by atoms with Crippen molar-refractivity contribution in [1.82, 2.24) is 10.6 Å². The molecule has 5 heteroatoms. The van der Waals surface area contributed by atoms with Gasteiger partial charge in [0.25, 0.3) is 0 Å². The van der Waals surface area contributed by atoms with E-state index in [-0.39, 0.29) is 18.0 Å². The Kier molecular flexibility index (Phi) is 7.05. The van der Waals surface area contributed by atoms with Crippen molar-refractivity contribution in [3.05, 3.63) is 21.9 Å². The molecule has 0 spiro atoms. The van der Waals surface area contributed by atoms with Crippen molar-refractivity contribution in [3.63, 3.8) is 0 Å². The highest BCUT2D eigenvalue weighted by Crippen LogP contribution is 2.23. The van der Waals surface area contributed by atoms with Crippen LogP contribution in [0, 0.1) is 0 Å². The molecule has 1 aromatic heterocycles. The maximum absolute atomic E-state index is 11.8. The highest BCUT2D eigenvalue weighted by molar-refractivity contribution is 7.12. The molecule has 2 N–H and O–H groups in total. The van der Waals surface area contributed by atoms with Crippen molar-refractivity contribution in [1.29, 1.82) is 0 Å². The largest absolute Gasteiger partial charge is 0.383 e. The minimum atomic E-state index is -0.209. The van der Waals surface area contributed by atoms with E-state index in [0.29, 0.717) is 13.2 Å². The van der Waals surface area contributed by atoms with Gasteiger partial charge in [-0.3, -0.25) is 10.1 Å². The molecule has 2 unspecified atom stereocenters. The van der Waals surface area contributed by atoms with Crippen molar-refractivity contribution >= 4 is 17.2 Å². The van der Waals surface area contributed by atoms with E-state index in [4.69, 9.17) is 4.74 Å². The van der Waals surface area contributed by atoms with Crippen LogP contribution >= 0.6 is 11.3 Å². The van der Waals surface area contributed by atoms with Crippen LogP contribution in [0.25, 0.3) is 0 Å². The molecule has 0 bridgehead atoms. The predicted octanol–water partition coefficient (Wildman–Crippen LogP) is 2.11. The van der Waals surface area contributed by atoms with Gasteiger partial charge in [0.05, 0.1) is 12.6 Å². The summed E-state index contributed by atoms with van der Waals surface area (Å²) in [4.78, 5) is 14.5. The second-order valence-electron chi connectivity index (χ2n) is 4.55. The van der Waals surface area contributed by atoms with Gasteiger partial charge in [0, 0.05) is 29.5 Å². The Hall–Kier alpha value is -0.910. The highest BCUT2D eigenvalue weighted by atomic mass is 32.1. The number of carbonyl (C=O) groups is 1. The summed E-state index contributed by atoms with van der Waals surface area (Å²) in [7, 11) is 1.62. The number of aryl methyl sites for hydroxylation is 1. The fourth-order valence-electron chi connectivity index (χ4n) is 1.78. The Morgan fingerprint density at radius 1 is 1.42 bits per heavy atom. The number of ether oxygens (including phenoxy) is 1. The number of methoxy groups -OCH3 is 1. The summed E-state index contributed by atoms with van der Waals surface area (Å²) >= 11 is 1.80.